The third-order valence-electron chi connectivity index (χ3n) is 2.64. The number of hydrogen-bond acceptors (Lipinski definition) is 1. The molecule has 0 bridgehead atoms. The topological polar surface area (TPSA) is 0 Å². The number of hydrogen-bond donors (Lipinski definition) is 0. The summed E-state index contributed by atoms with van der Waals surface area (Å²) in [5, 5.41) is 2.15. The van der Waals surface area contributed by atoms with Gasteiger partial charge in [0.05, 0.1) is 0 Å². The van der Waals surface area contributed by atoms with E-state index in [0.29, 0.717) is 14.5 Å². The van der Waals surface area contributed by atoms with Crippen LogP contribution in [0, 0.1) is 0 Å². The van der Waals surface area contributed by atoms with Gasteiger partial charge in [0.1, 0.15) is 0 Å². The molecule has 1 aliphatic heterocycles. The number of benzene rings is 1. The molecule has 0 nitrogen and oxygen atoms in total. The van der Waals surface area contributed by atoms with Crippen molar-refractivity contribution in [3.05, 3.63) is 58.3 Å². The number of thiophene rings is 1. The molecular formula is C14H11SSe. The van der Waals surface area contributed by atoms with E-state index in [1.807, 2.05) is 11.3 Å². The van der Waals surface area contributed by atoms with Crippen molar-refractivity contribution in [3.63, 3.8) is 0 Å². The van der Waals surface area contributed by atoms with Crippen LogP contribution in [-0.2, 0) is 0 Å². The molecule has 0 saturated heterocycles. The fourth-order valence-corrected chi connectivity index (χ4v) is 5.36. The molecule has 1 aliphatic rings. The van der Waals surface area contributed by atoms with Crippen LogP contribution in [0.2, 0.25) is 0 Å². The van der Waals surface area contributed by atoms with Crippen molar-refractivity contribution in [3.8, 4) is 0 Å². The Kier molecular flexibility index (Phi) is 2.64. The quantitative estimate of drug-likeness (QED) is 0.708. The summed E-state index contributed by atoms with van der Waals surface area (Å²) < 4.78 is 3.03. The first-order valence-electron chi connectivity index (χ1n) is 5.21. The van der Waals surface area contributed by atoms with Crippen LogP contribution in [0.4, 0.5) is 0 Å². The van der Waals surface area contributed by atoms with Crippen LogP contribution in [0.15, 0.2) is 47.9 Å². The zero-order valence-corrected chi connectivity index (χ0v) is 11.5. The minimum absolute atomic E-state index is 0.459. The Morgan fingerprint density at radius 1 is 1.06 bits per heavy atom. The molecule has 0 N–H and O–H groups in total. The molecule has 0 unspecified atom stereocenters. The van der Waals surface area contributed by atoms with Crippen LogP contribution in [0.1, 0.15) is 17.4 Å². The van der Waals surface area contributed by atoms with Gasteiger partial charge in [0.25, 0.3) is 0 Å². The van der Waals surface area contributed by atoms with Gasteiger partial charge in [0, 0.05) is 0 Å². The molecule has 1 aromatic carbocycles. The van der Waals surface area contributed by atoms with Crippen molar-refractivity contribution in [1.82, 2.24) is 0 Å². The summed E-state index contributed by atoms with van der Waals surface area (Å²) in [7, 11) is 0. The van der Waals surface area contributed by atoms with Crippen molar-refractivity contribution >= 4 is 40.3 Å². The van der Waals surface area contributed by atoms with Gasteiger partial charge in [-0.3, -0.25) is 0 Å². The van der Waals surface area contributed by atoms with Crippen LogP contribution >= 0.6 is 11.3 Å². The van der Waals surface area contributed by atoms with Crippen LogP contribution in [0.25, 0.3) is 5.57 Å². The molecule has 0 amide bonds. The van der Waals surface area contributed by atoms with Gasteiger partial charge in [-0.05, 0) is 0 Å². The molecule has 79 valence electrons. The van der Waals surface area contributed by atoms with Crippen LogP contribution in [-0.4, -0.2) is 18.9 Å². The first-order valence-corrected chi connectivity index (χ1v) is 7.80. The zero-order chi connectivity index (χ0) is 11.0. The van der Waals surface area contributed by atoms with Gasteiger partial charge in [-0.2, -0.15) is 0 Å². The van der Waals surface area contributed by atoms with E-state index in [2.05, 4.69) is 54.8 Å². The molecule has 2 heteroatoms. The summed E-state index contributed by atoms with van der Waals surface area (Å²) in [6.45, 7) is 2.21. The molecule has 0 atom stereocenters. The van der Waals surface area contributed by atoms with Gasteiger partial charge < -0.3 is 0 Å². The predicted molar refractivity (Wildman–Crippen MR) is 73.9 cm³/mol. The van der Waals surface area contributed by atoms with E-state index < -0.39 is 0 Å². The van der Waals surface area contributed by atoms with E-state index >= 15 is 0 Å². The van der Waals surface area contributed by atoms with Gasteiger partial charge in [-0.15, -0.1) is 0 Å². The van der Waals surface area contributed by atoms with E-state index in [1.165, 1.54) is 24.9 Å². The molecule has 0 fully saturated rings. The van der Waals surface area contributed by atoms with Gasteiger partial charge >= 0.3 is 106 Å². The molecule has 2 heterocycles. The maximum atomic E-state index is 2.36. The fraction of sp³-hybridized carbons (Fsp3) is 0.0714. The average molecular weight is 290 g/mol. The summed E-state index contributed by atoms with van der Waals surface area (Å²) in [4.78, 5) is 1.42. The van der Waals surface area contributed by atoms with Crippen LogP contribution < -0.4 is 4.46 Å². The third kappa shape index (κ3) is 1.73. The number of allylic oxidation sites excluding steroid dienone is 2. The Labute approximate surface area is 105 Å². The molecule has 1 radical (unpaired) electrons. The second-order valence-electron chi connectivity index (χ2n) is 3.77. The summed E-state index contributed by atoms with van der Waals surface area (Å²) in [5.41, 5.74) is 2.83. The van der Waals surface area contributed by atoms with Gasteiger partial charge in [0.15, 0.2) is 0 Å². The third-order valence-corrected chi connectivity index (χ3v) is 6.22. The van der Waals surface area contributed by atoms with E-state index in [-0.39, 0.29) is 0 Å². The molecule has 2 aromatic rings. The molecule has 16 heavy (non-hydrogen) atoms. The Balaban J connectivity index is 2.17. The molecule has 0 aliphatic carbocycles. The summed E-state index contributed by atoms with van der Waals surface area (Å²) in [6.07, 6.45) is 2.36. The first-order chi connectivity index (χ1) is 7.84. The molecule has 0 saturated carbocycles. The summed E-state index contributed by atoms with van der Waals surface area (Å²) in [6, 6.07) is 13.1. The Hall–Kier alpha value is -0.951. The second kappa shape index (κ2) is 4.14. The van der Waals surface area contributed by atoms with Crippen molar-refractivity contribution in [2.75, 3.05) is 0 Å². The van der Waals surface area contributed by atoms with Crippen molar-refractivity contribution in [2.45, 2.75) is 6.92 Å². The van der Waals surface area contributed by atoms with Crippen LogP contribution in [0.3, 0.4) is 0 Å². The SMILES string of the molecule is CC1=CC(c2cccs2)=[Se]c2ccccc21. The van der Waals surface area contributed by atoms with Crippen molar-refractivity contribution in [1.29, 1.82) is 0 Å². The normalized spacial score (nSPS) is 14.1. The monoisotopic (exact) mass is 291 g/mol. The molecule has 0 spiro atoms. The standard InChI is InChI=1S/C14H11SSe/c1-10-9-14(12-6-4-8-15-12)16-13-7-3-2-5-11(10)13/h2-9H,1H3. The molecular weight excluding hydrogens is 279 g/mol. The zero-order valence-electron chi connectivity index (χ0n) is 8.94. The van der Waals surface area contributed by atoms with Crippen molar-refractivity contribution < 1.29 is 0 Å². The number of rotatable bonds is 1. The Morgan fingerprint density at radius 3 is 2.75 bits per heavy atom. The summed E-state index contributed by atoms with van der Waals surface area (Å²) in [5.74, 6) is 0. The summed E-state index contributed by atoms with van der Waals surface area (Å²) >= 11 is 2.30. The van der Waals surface area contributed by atoms with Crippen LogP contribution in [0.5, 0.6) is 0 Å². The van der Waals surface area contributed by atoms with E-state index in [4.69, 9.17) is 0 Å². The maximum absolute atomic E-state index is 2.36. The Morgan fingerprint density at radius 2 is 1.94 bits per heavy atom. The first kappa shape index (κ1) is 10.2. The van der Waals surface area contributed by atoms with Gasteiger partial charge in [-0.1, -0.05) is 0 Å². The Bertz CT molecular complexity index is 577. The van der Waals surface area contributed by atoms with Gasteiger partial charge in [-0.25, -0.2) is 0 Å². The fourth-order valence-electron chi connectivity index (χ4n) is 1.84. The number of fused-ring (bicyclic) bond motifs is 1. The average Bonchev–Trinajstić information content (AvgIpc) is 2.82. The van der Waals surface area contributed by atoms with E-state index in [1.54, 1.807) is 0 Å². The molecule has 1 aromatic heterocycles. The van der Waals surface area contributed by atoms with Gasteiger partial charge in [0.2, 0.25) is 0 Å². The van der Waals surface area contributed by atoms with E-state index in [0.717, 1.165) is 0 Å². The minimum atomic E-state index is 0.459. The predicted octanol–water partition coefficient (Wildman–Crippen LogP) is 2.72. The van der Waals surface area contributed by atoms with Crippen molar-refractivity contribution in [2.24, 2.45) is 0 Å². The molecule has 3 rings (SSSR count). The second-order valence-corrected chi connectivity index (χ2v) is 6.99. The van der Waals surface area contributed by atoms with E-state index in [9.17, 15) is 0 Å².